The number of carbonyl (C=O) groups excluding carboxylic acids is 2. The number of hydrogen-bond acceptors (Lipinski definition) is 3. The zero-order valence-electron chi connectivity index (χ0n) is 9.90. The van der Waals surface area contributed by atoms with Crippen molar-refractivity contribution >= 4 is 17.7 Å². The molecule has 5 heteroatoms. The number of amides is 2. The summed E-state index contributed by atoms with van der Waals surface area (Å²) in [7, 11) is 0. The van der Waals surface area contributed by atoms with Crippen LogP contribution in [-0.4, -0.2) is 17.6 Å². The molecule has 1 aromatic carbocycles. The molecule has 2 amide bonds. The molecular weight excluding hydrogens is 220 g/mol. The summed E-state index contributed by atoms with van der Waals surface area (Å²) in [5.74, 6) is -0.664. The van der Waals surface area contributed by atoms with E-state index in [1.807, 2.05) is 6.07 Å². The molecule has 0 aliphatic rings. The van der Waals surface area contributed by atoms with Gasteiger partial charge >= 0.3 is 6.09 Å². The van der Waals surface area contributed by atoms with Crippen molar-refractivity contribution in [3.05, 3.63) is 30.3 Å². The molecule has 0 saturated heterocycles. The van der Waals surface area contributed by atoms with Gasteiger partial charge in [-0.05, 0) is 25.5 Å². The van der Waals surface area contributed by atoms with E-state index in [4.69, 9.17) is 10.5 Å². The number of ether oxygens (including phenoxy) is 1. The Morgan fingerprint density at radius 1 is 1.35 bits per heavy atom. The van der Waals surface area contributed by atoms with Gasteiger partial charge in [-0.25, -0.2) is 4.79 Å². The lowest BCUT2D eigenvalue weighted by molar-refractivity contribution is -0.134. The van der Waals surface area contributed by atoms with E-state index in [2.05, 4.69) is 5.32 Å². The Kier molecular flexibility index (Phi) is 4.09. The summed E-state index contributed by atoms with van der Waals surface area (Å²) < 4.78 is 5.03. The number of benzene rings is 1. The second kappa shape index (κ2) is 5.34. The summed E-state index contributed by atoms with van der Waals surface area (Å²) in [5.41, 5.74) is 4.50. The first-order chi connectivity index (χ1) is 7.98. The molecule has 0 heterocycles. The average molecular weight is 236 g/mol. The first-order valence-corrected chi connectivity index (χ1v) is 5.33. The Balaban J connectivity index is 2.64. The van der Waals surface area contributed by atoms with Gasteiger partial charge < -0.3 is 10.5 Å². The Hall–Kier alpha value is -2.04. The van der Waals surface area contributed by atoms with E-state index in [0.717, 1.165) is 0 Å². The summed E-state index contributed by atoms with van der Waals surface area (Å²) in [6, 6.07) is 8.82. The average Bonchev–Trinajstić information content (AvgIpc) is 2.29. The third kappa shape index (κ3) is 3.48. The van der Waals surface area contributed by atoms with Crippen molar-refractivity contribution in [2.75, 3.05) is 5.32 Å². The van der Waals surface area contributed by atoms with Gasteiger partial charge in [-0.15, -0.1) is 0 Å². The molecule has 5 nitrogen and oxygen atoms in total. The van der Waals surface area contributed by atoms with Gasteiger partial charge in [0, 0.05) is 5.69 Å². The summed E-state index contributed by atoms with van der Waals surface area (Å²) in [5, 5.41) is 2.52. The van der Waals surface area contributed by atoms with Crippen LogP contribution in [0.4, 0.5) is 10.5 Å². The molecular formula is C12H16N2O3. The van der Waals surface area contributed by atoms with Crippen molar-refractivity contribution in [2.24, 2.45) is 5.73 Å². The Morgan fingerprint density at radius 2 is 1.94 bits per heavy atom. The van der Waals surface area contributed by atoms with Crippen LogP contribution in [0.25, 0.3) is 0 Å². The summed E-state index contributed by atoms with van der Waals surface area (Å²) in [6.07, 6.45) is -0.371. The van der Waals surface area contributed by atoms with Gasteiger partial charge in [-0.3, -0.25) is 10.1 Å². The fourth-order valence-electron chi connectivity index (χ4n) is 1.17. The van der Waals surface area contributed by atoms with Gasteiger partial charge in [0.2, 0.25) is 0 Å². The van der Waals surface area contributed by atoms with Crippen molar-refractivity contribution in [1.82, 2.24) is 0 Å². The smallest absolute Gasteiger partial charge is 0.412 e. The Bertz CT molecular complexity index is 405. The van der Waals surface area contributed by atoms with E-state index in [-0.39, 0.29) is 0 Å². The van der Waals surface area contributed by atoms with Crippen molar-refractivity contribution in [3.8, 4) is 0 Å². The maximum absolute atomic E-state index is 11.6. The van der Waals surface area contributed by atoms with Crippen molar-refractivity contribution in [3.63, 3.8) is 0 Å². The second-order valence-electron chi connectivity index (χ2n) is 3.83. The molecule has 0 aromatic heterocycles. The van der Waals surface area contributed by atoms with Crippen LogP contribution >= 0.6 is 0 Å². The van der Waals surface area contributed by atoms with E-state index < -0.39 is 17.6 Å². The summed E-state index contributed by atoms with van der Waals surface area (Å²) in [4.78, 5) is 22.7. The zero-order valence-corrected chi connectivity index (χ0v) is 9.90. The fourth-order valence-corrected chi connectivity index (χ4v) is 1.17. The lowest BCUT2D eigenvalue weighted by atomic mass is 10.0. The van der Waals surface area contributed by atoms with E-state index in [1.165, 1.54) is 6.92 Å². The molecule has 0 aliphatic heterocycles. The van der Waals surface area contributed by atoms with Crippen molar-refractivity contribution < 1.29 is 14.3 Å². The molecule has 92 valence electrons. The standard InChI is InChI=1S/C12H16N2O3/c1-3-12(2,10(13)15)17-11(16)14-9-7-5-4-6-8-9/h4-8H,3H2,1-2H3,(H2,13,15)(H,14,16). The highest BCUT2D eigenvalue weighted by molar-refractivity contribution is 5.90. The molecule has 1 unspecified atom stereocenters. The lowest BCUT2D eigenvalue weighted by Gasteiger charge is -2.24. The van der Waals surface area contributed by atoms with E-state index in [0.29, 0.717) is 12.1 Å². The first-order valence-electron chi connectivity index (χ1n) is 5.33. The predicted molar refractivity (Wildman–Crippen MR) is 64.4 cm³/mol. The molecule has 3 N–H and O–H groups in total. The minimum atomic E-state index is -1.28. The third-order valence-electron chi connectivity index (χ3n) is 2.53. The molecule has 1 rings (SSSR count). The van der Waals surface area contributed by atoms with E-state index >= 15 is 0 Å². The molecule has 17 heavy (non-hydrogen) atoms. The highest BCUT2D eigenvalue weighted by Gasteiger charge is 2.33. The number of nitrogens with two attached hydrogens (primary N) is 1. The van der Waals surface area contributed by atoms with E-state index in [1.54, 1.807) is 31.2 Å². The van der Waals surface area contributed by atoms with Gasteiger partial charge in [0.25, 0.3) is 5.91 Å². The number of primary amides is 1. The number of para-hydroxylation sites is 1. The third-order valence-corrected chi connectivity index (χ3v) is 2.53. The molecule has 0 saturated carbocycles. The van der Waals surface area contributed by atoms with Crippen LogP contribution in [0.3, 0.4) is 0 Å². The summed E-state index contributed by atoms with van der Waals surface area (Å²) in [6.45, 7) is 3.21. The molecule has 1 aromatic rings. The van der Waals surface area contributed by atoms with Crippen LogP contribution in [0.1, 0.15) is 20.3 Å². The van der Waals surface area contributed by atoms with E-state index in [9.17, 15) is 9.59 Å². The molecule has 0 aliphatic carbocycles. The largest absolute Gasteiger partial charge is 0.433 e. The Morgan fingerprint density at radius 3 is 2.41 bits per heavy atom. The normalized spacial score (nSPS) is 13.5. The number of rotatable bonds is 4. The van der Waals surface area contributed by atoms with Crippen LogP contribution in [0.2, 0.25) is 0 Å². The molecule has 0 radical (unpaired) electrons. The monoisotopic (exact) mass is 236 g/mol. The molecule has 0 fully saturated rings. The lowest BCUT2D eigenvalue weighted by Crippen LogP contribution is -2.45. The predicted octanol–water partition coefficient (Wildman–Crippen LogP) is 1.89. The molecule has 0 bridgehead atoms. The number of hydrogen-bond donors (Lipinski definition) is 2. The second-order valence-corrected chi connectivity index (χ2v) is 3.83. The number of anilines is 1. The SMILES string of the molecule is CCC(C)(OC(=O)Nc1ccccc1)C(N)=O. The first kappa shape index (κ1) is 13.0. The summed E-state index contributed by atoms with van der Waals surface area (Å²) >= 11 is 0. The number of nitrogens with one attached hydrogen (secondary N) is 1. The topological polar surface area (TPSA) is 81.4 Å². The highest BCUT2D eigenvalue weighted by atomic mass is 16.6. The van der Waals surface area contributed by atoms with Crippen LogP contribution in [0.5, 0.6) is 0 Å². The van der Waals surface area contributed by atoms with Gasteiger partial charge in [0.15, 0.2) is 5.60 Å². The zero-order chi connectivity index (χ0) is 12.9. The van der Waals surface area contributed by atoms with Gasteiger partial charge in [-0.1, -0.05) is 25.1 Å². The maximum atomic E-state index is 11.6. The van der Waals surface area contributed by atoms with Crippen molar-refractivity contribution in [1.29, 1.82) is 0 Å². The quantitative estimate of drug-likeness (QED) is 0.837. The minimum Gasteiger partial charge on any atom is -0.433 e. The van der Waals surface area contributed by atoms with Crippen LogP contribution < -0.4 is 11.1 Å². The number of carbonyl (C=O) groups is 2. The Labute approximate surface area is 99.9 Å². The highest BCUT2D eigenvalue weighted by Crippen LogP contribution is 2.16. The van der Waals surface area contributed by atoms with Crippen LogP contribution in [0, 0.1) is 0 Å². The minimum absolute atomic E-state index is 0.324. The van der Waals surface area contributed by atoms with Gasteiger partial charge in [-0.2, -0.15) is 0 Å². The van der Waals surface area contributed by atoms with Crippen LogP contribution in [-0.2, 0) is 9.53 Å². The van der Waals surface area contributed by atoms with Crippen molar-refractivity contribution in [2.45, 2.75) is 25.9 Å². The fraction of sp³-hybridized carbons (Fsp3) is 0.333. The molecule has 1 atom stereocenters. The van der Waals surface area contributed by atoms with Gasteiger partial charge in [0.1, 0.15) is 0 Å². The van der Waals surface area contributed by atoms with Gasteiger partial charge in [0.05, 0.1) is 0 Å². The molecule has 0 spiro atoms. The maximum Gasteiger partial charge on any atom is 0.412 e. The van der Waals surface area contributed by atoms with Crippen LogP contribution in [0.15, 0.2) is 30.3 Å².